The number of amides is 1. The van der Waals surface area contributed by atoms with Gasteiger partial charge < -0.3 is 14.8 Å². The molecule has 1 aromatic rings. The Labute approximate surface area is 132 Å². The highest BCUT2D eigenvalue weighted by atomic mass is 16.5. The van der Waals surface area contributed by atoms with Crippen LogP contribution in [0.1, 0.15) is 42.9 Å². The topological polar surface area (TPSA) is 47.6 Å². The zero-order chi connectivity index (χ0) is 15.4. The summed E-state index contributed by atoms with van der Waals surface area (Å²) < 4.78 is 11.3. The minimum Gasteiger partial charge on any atom is -0.381 e. The molecule has 0 saturated carbocycles. The van der Waals surface area contributed by atoms with Crippen LogP contribution in [-0.2, 0) is 14.3 Å². The first-order valence-electron chi connectivity index (χ1n) is 8.30. The lowest BCUT2D eigenvalue weighted by atomic mass is 9.93. The molecule has 2 fully saturated rings. The fourth-order valence-electron chi connectivity index (χ4n) is 3.27. The molecule has 120 valence electrons. The van der Waals surface area contributed by atoms with Crippen LogP contribution in [0.3, 0.4) is 0 Å². The van der Waals surface area contributed by atoms with Crippen molar-refractivity contribution in [2.24, 2.45) is 5.92 Å². The summed E-state index contributed by atoms with van der Waals surface area (Å²) in [6, 6.07) is 8.50. The van der Waals surface area contributed by atoms with Crippen LogP contribution in [0.15, 0.2) is 24.3 Å². The molecule has 2 aliphatic heterocycles. The van der Waals surface area contributed by atoms with E-state index in [-0.39, 0.29) is 24.0 Å². The molecule has 4 nitrogen and oxygen atoms in total. The van der Waals surface area contributed by atoms with E-state index in [4.69, 9.17) is 9.47 Å². The number of hydrogen-bond donors (Lipinski definition) is 1. The molecule has 4 heteroatoms. The lowest BCUT2D eigenvalue weighted by Gasteiger charge is -2.34. The van der Waals surface area contributed by atoms with E-state index in [1.165, 1.54) is 5.56 Å². The summed E-state index contributed by atoms with van der Waals surface area (Å²) in [7, 11) is 0. The smallest absolute Gasteiger partial charge is 0.223 e. The highest BCUT2D eigenvalue weighted by Crippen LogP contribution is 2.29. The van der Waals surface area contributed by atoms with Crippen molar-refractivity contribution in [3.8, 4) is 0 Å². The maximum atomic E-state index is 12.5. The van der Waals surface area contributed by atoms with Crippen molar-refractivity contribution in [1.29, 1.82) is 0 Å². The third kappa shape index (κ3) is 3.68. The third-order valence-electron chi connectivity index (χ3n) is 4.65. The molecule has 0 aromatic heterocycles. The molecule has 2 aliphatic rings. The zero-order valence-corrected chi connectivity index (χ0v) is 13.2. The van der Waals surface area contributed by atoms with Crippen molar-refractivity contribution >= 4 is 5.91 Å². The highest BCUT2D eigenvalue weighted by molar-refractivity contribution is 5.79. The van der Waals surface area contributed by atoms with Crippen molar-refractivity contribution in [1.82, 2.24) is 5.32 Å². The lowest BCUT2D eigenvalue weighted by Crippen LogP contribution is -2.46. The van der Waals surface area contributed by atoms with Crippen molar-refractivity contribution in [2.45, 2.75) is 44.8 Å². The number of ether oxygens (including phenoxy) is 2. The Morgan fingerprint density at radius 2 is 1.82 bits per heavy atom. The van der Waals surface area contributed by atoms with Gasteiger partial charge in [-0.05, 0) is 38.2 Å². The number of carbonyl (C=O) groups is 1. The van der Waals surface area contributed by atoms with Crippen LogP contribution in [-0.4, -0.2) is 31.8 Å². The largest absolute Gasteiger partial charge is 0.381 e. The van der Waals surface area contributed by atoms with Crippen LogP contribution in [0.25, 0.3) is 0 Å². The molecule has 2 heterocycles. The number of hydrogen-bond acceptors (Lipinski definition) is 3. The second kappa shape index (κ2) is 7.25. The van der Waals surface area contributed by atoms with Gasteiger partial charge in [0.15, 0.2) is 0 Å². The molecule has 0 spiro atoms. The van der Waals surface area contributed by atoms with E-state index in [0.29, 0.717) is 13.2 Å². The molecule has 1 aromatic carbocycles. The van der Waals surface area contributed by atoms with Gasteiger partial charge >= 0.3 is 0 Å². The Balaban J connectivity index is 1.66. The summed E-state index contributed by atoms with van der Waals surface area (Å²) in [6.07, 6.45) is 3.61. The van der Waals surface area contributed by atoms with E-state index in [0.717, 1.165) is 37.9 Å². The first kappa shape index (κ1) is 15.5. The molecular formula is C18H25NO3. The van der Waals surface area contributed by atoms with Gasteiger partial charge in [-0.3, -0.25) is 4.79 Å². The Morgan fingerprint density at radius 1 is 1.09 bits per heavy atom. The molecule has 0 aliphatic carbocycles. The number of carbonyl (C=O) groups excluding carboxylic acids is 1. The predicted molar refractivity (Wildman–Crippen MR) is 84.6 cm³/mol. The van der Waals surface area contributed by atoms with Gasteiger partial charge in [0.2, 0.25) is 5.91 Å². The molecule has 1 N–H and O–H groups in total. The van der Waals surface area contributed by atoms with Gasteiger partial charge in [-0.2, -0.15) is 0 Å². The Kier molecular flexibility index (Phi) is 5.11. The minimum atomic E-state index is -0.0295. The van der Waals surface area contributed by atoms with Crippen LogP contribution in [0.5, 0.6) is 0 Å². The van der Waals surface area contributed by atoms with E-state index < -0.39 is 0 Å². The zero-order valence-electron chi connectivity index (χ0n) is 13.2. The van der Waals surface area contributed by atoms with Gasteiger partial charge in [0.05, 0.1) is 6.04 Å². The van der Waals surface area contributed by atoms with Gasteiger partial charge in [0, 0.05) is 25.7 Å². The SMILES string of the molecule is Cc1ccc(C2OCCCC2NC(=O)C2CCOCC2)cc1. The van der Waals surface area contributed by atoms with E-state index in [2.05, 4.69) is 36.5 Å². The predicted octanol–water partition coefficient (Wildman–Crippen LogP) is 2.76. The minimum absolute atomic E-state index is 0.0295. The number of aryl methyl sites for hydroxylation is 1. The molecule has 1 amide bonds. The summed E-state index contributed by atoms with van der Waals surface area (Å²) in [5, 5.41) is 3.23. The van der Waals surface area contributed by atoms with Crippen molar-refractivity contribution in [3.05, 3.63) is 35.4 Å². The van der Waals surface area contributed by atoms with Gasteiger partial charge in [-0.25, -0.2) is 0 Å². The summed E-state index contributed by atoms with van der Waals surface area (Å²) in [5.41, 5.74) is 2.39. The van der Waals surface area contributed by atoms with Crippen molar-refractivity contribution < 1.29 is 14.3 Å². The van der Waals surface area contributed by atoms with Crippen LogP contribution >= 0.6 is 0 Å². The Bertz CT molecular complexity index is 494. The second-order valence-electron chi connectivity index (χ2n) is 6.35. The molecule has 2 atom stereocenters. The summed E-state index contributed by atoms with van der Waals surface area (Å²) in [5.74, 6) is 0.255. The van der Waals surface area contributed by atoms with E-state index >= 15 is 0 Å². The Morgan fingerprint density at radius 3 is 2.55 bits per heavy atom. The first-order chi connectivity index (χ1) is 10.7. The van der Waals surface area contributed by atoms with E-state index in [1.807, 2.05) is 0 Å². The van der Waals surface area contributed by atoms with Crippen LogP contribution in [0, 0.1) is 12.8 Å². The van der Waals surface area contributed by atoms with E-state index in [9.17, 15) is 4.79 Å². The molecular weight excluding hydrogens is 278 g/mol. The van der Waals surface area contributed by atoms with Crippen molar-refractivity contribution in [3.63, 3.8) is 0 Å². The summed E-state index contributed by atoms with van der Waals surface area (Å²) in [4.78, 5) is 12.5. The second-order valence-corrected chi connectivity index (χ2v) is 6.35. The number of benzene rings is 1. The molecule has 3 rings (SSSR count). The third-order valence-corrected chi connectivity index (χ3v) is 4.65. The average molecular weight is 303 g/mol. The highest BCUT2D eigenvalue weighted by Gasteiger charge is 2.31. The van der Waals surface area contributed by atoms with Crippen LogP contribution < -0.4 is 5.32 Å². The van der Waals surface area contributed by atoms with Gasteiger partial charge in [-0.15, -0.1) is 0 Å². The van der Waals surface area contributed by atoms with Crippen LogP contribution in [0.2, 0.25) is 0 Å². The van der Waals surface area contributed by atoms with E-state index in [1.54, 1.807) is 0 Å². The summed E-state index contributed by atoms with van der Waals surface area (Å²) in [6.45, 7) is 4.24. The van der Waals surface area contributed by atoms with Gasteiger partial charge in [-0.1, -0.05) is 29.8 Å². The molecule has 0 radical (unpaired) electrons. The van der Waals surface area contributed by atoms with Crippen LogP contribution in [0.4, 0.5) is 0 Å². The quantitative estimate of drug-likeness (QED) is 0.934. The lowest BCUT2D eigenvalue weighted by molar-refractivity contribution is -0.131. The monoisotopic (exact) mass is 303 g/mol. The maximum Gasteiger partial charge on any atom is 0.223 e. The summed E-state index contributed by atoms with van der Waals surface area (Å²) >= 11 is 0. The van der Waals surface area contributed by atoms with Gasteiger partial charge in [0.25, 0.3) is 0 Å². The van der Waals surface area contributed by atoms with Crippen molar-refractivity contribution in [2.75, 3.05) is 19.8 Å². The first-order valence-corrected chi connectivity index (χ1v) is 8.30. The average Bonchev–Trinajstić information content (AvgIpc) is 2.57. The fraction of sp³-hybridized carbons (Fsp3) is 0.611. The Hall–Kier alpha value is -1.39. The van der Waals surface area contributed by atoms with Gasteiger partial charge in [0.1, 0.15) is 6.10 Å². The molecule has 2 saturated heterocycles. The standard InChI is InChI=1S/C18H25NO3/c1-13-4-6-14(7-5-13)17-16(3-2-10-22-17)19-18(20)15-8-11-21-12-9-15/h4-7,15-17H,2-3,8-12H2,1H3,(H,19,20). The molecule has 22 heavy (non-hydrogen) atoms. The number of nitrogens with one attached hydrogen (secondary N) is 1. The number of rotatable bonds is 3. The normalized spacial score (nSPS) is 26.6. The molecule has 2 unspecified atom stereocenters. The molecule has 0 bridgehead atoms. The maximum absolute atomic E-state index is 12.5. The fourth-order valence-corrected chi connectivity index (χ4v) is 3.27.